The number of amides is 1. The van der Waals surface area contributed by atoms with Gasteiger partial charge in [-0.05, 0) is 56.5 Å². The molecule has 6 nitrogen and oxygen atoms in total. The van der Waals surface area contributed by atoms with Gasteiger partial charge in [0, 0.05) is 18.3 Å². The standard InChI is InChI=1S/C23H29FN4O2/c1-5-9-23(4,25)14-26-22(29)20-16(3)27-21-19(10-15(2)12-28(20)21)30-13-17-7-6-8-18(24)11-17/h6-8,10-12H,5,9,13-14,25H2,1-4H3,(H,26,29). The molecule has 1 aromatic carbocycles. The lowest BCUT2D eigenvalue weighted by Crippen LogP contribution is -2.47. The Hall–Kier alpha value is -2.93. The molecular weight excluding hydrogens is 383 g/mol. The van der Waals surface area contributed by atoms with Gasteiger partial charge in [0.2, 0.25) is 0 Å². The highest BCUT2D eigenvalue weighted by atomic mass is 19.1. The number of fused-ring (bicyclic) bond motifs is 1. The average molecular weight is 413 g/mol. The zero-order valence-electron chi connectivity index (χ0n) is 18.0. The van der Waals surface area contributed by atoms with Crippen molar-refractivity contribution < 1.29 is 13.9 Å². The van der Waals surface area contributed by atoms with E-state index in [1.54, 1.807) is 23.5 Å². The first-order valence-electron chi connectivity index (χ1n) is 10.1. The number of carbonyl (C=O) groups is 1. The van der Waals surface area contributed by atoms with E-state index < -0.39 is 5.54 Å². The van der Waals surface area contributed by atoms with Crippen molar-refractivity contribution in [2.24, 2.45) is 5.73 Å². The van der Waals surface area contributed by atoms with Crippen LogP contribution in [0.25, 0.3) is 5.65 Å². The highest BCUT2D eigenvalue weighted by Gasteiger charge is 2.23. The monoisotopic (exact) mass is 412 g/mol. The summed E-state index contributed by atoms with van der Waals surface area (Å²) in [4.78, 5) is 17.5. The van der Waals surface area contributed by atoms with E-state index in [2.05, 4.69) is 17.2 Å². The second-order valence-electron chi connectivity index (χ2n) is 8.13. The number of benzene rings is 1. The summed E-state index contributed by atoms with van der Waals surface area (Å²) in [5.41, 5.74) is 9.02. The van der Waals surface area contributed by atoms with Crippen molar-refractivity contribution in [1.29, 1.82) is 0 Å². The Morgan fingerprint density at radius 3 is 2.80 bits per heavy atom. The van der Waals surface area contributed by atoms with Gasteiger partial charge in [-0.25, -0.2) is 9.37 Å². The Morgan fingerprint density at radius 2 is 2.10 bits per heavy atom. The highest BCUT2D eigenvalue weighted by molar-refractivity contribution is 5.95. The first-order valence-corrected chi connectivity index (χ1v) is 10.1. The van der Waals surface area contributed by atoms with Crippen LogP contribution >= 0.6 is 0 Å². The molecular formula is C23H29FN4O2. The molecule has 1 atom stereocenters. The maximum atomic E-state index is 13.4. The molecule has 0 bridgehead atoms. The molecule has 0 saturated carbocycles. The number of aryl methyl sites for hydroxylation is 2. The largest absolute Gasteiger partial charge is 0.485 e. The third-order valence-corrected chi connectivity index (χ3v) is 4.97. The molecule has 0 aliphatic heterocycles. The summed E-state index contributed by atoms with van der Waals surface area (Å²) in [5.74, 6) is 0.00148. The third-order valence-electron chi connectivity index (χ3n) is 4.97. The minimum absolute atomic E-state index is 0.201. The zero-order chi connectivity index (χ0) is 21.9. The Balaban J connectivity index is 1.87. The number of imidazole rings is 1. The van der Waals surface area contributed by atoms with Crippen molar-refractivity contribution in [3.8, 4) is 5.75 Å². The lowest BCUT2D eigenvalue weighted by atomic mass is 9.98. The molecule has 2 heterocycles. The number of aromatic nitrogens is 2. The van der Waals surface area contributed by atoms with Crippen molar-refractivity contribution in [3.63, 3.8) is 0 Å². The van der Waals surface area contributed by atoms with Crippen LogP contribution < -0.4 is 15.8 Å². The summed E-state index contributed by atoms with van der Waals surface area (Å²) in [6.45, 7) is 8.29. The number of ether oxygens (including phenoxy) is 1. The molecule has 0 saturated heterocycles. The first-order chi connectivity index (χ1) is 14.2. The highest BCUT2D eigenvalue weighted by Crippen LogP contribution is 2.25. The zero-order valence-corrected chi connectivity index (χ0v) is 18.0. The van der Waals surface area contributed by atoms with Crippen molar-refractivity contribution in [2.75, 3.05) is 6.54 Å². The third kappa shape index (κ3) is 4.97. The van der Waals surface area contributed by atoms with Crippen LogP contribution in [0.3, 0.4) is 0 Å². The molecule has 2 aromatic heterocycles. The quantitative estimate of drug-likeness (QED) is 0.588. The lowest BCUT2D eigenvalue weighted by molar-refractivity contribution is 0.0937. The van der Waals surface area contributed by atoms with Crippen molar-refractivity contribution in [1.82, 2.24) is 14.7 Å². The number of halogens is 1. The summed E-state index contributed by atoms with van der Waals surface area (Å²) in [6.07, 6.45) is 3.62. The normalized spacial score (nSPS) is 13.3. The van der Waals surface area contributed by atoms with Gasteiger partial charge >= 0.3 is 0 Å². The molecule has 1 unspecified atom stereocenters. The van der Waals surface area contributed by atoms with Crippen LogP contribution in [0.2, 0.25) is 0 Å². The number of hydrogen-bond donors (Lipinski definition) is 2. The summed E-state index contributed by atoms with van der Waals surface area (Å²) in [6, 6.07) is 8.13. The molecule has 1 amide bonds. The molecule has 0 fully saturated rings. The van der Waals surface area contributed by atoms with E-state index in [0.717, 1.165) is 18.4 Å². The van der Waals surface area contributed by atoms with Gasteiger partial charge in [-0.15, -0.1) is 0 Å². The molecule has 0 radical (unpaired) electrons. The Morgan fingerprint density at radius 1 is 1.33 bits per heavy atom. The van der Waals surface area contributed by atoms with Gasteiger partial charge in [0.25, 0.3) is 5.91 Å². The molecule has 0 aliphatic carbocycles. The molecule has 0 spiro atoms. The second kappa shape index (κ2) is 8.83. The van der Waals surface area contributed by atoms with Gasteiger partial charge in [-0.2, -0.15) is 0 Å². The maximum absolute atomic E-state index is 13.4. The Kier molecular flexibility index (Phi) is 6.41. The van der Waals surface area contributed by atoms with E-state index in [0.29, 0.717) is 34.9 Å². The SMILES string of the molecule is CCCC(C)(N)CNC(=O)c1c(C)nc2c(OCc3cccc(F)c3)cc(C)cn12. The summed E-state index contributed by atoms with van der Waals surface area (Å²) >= 11 is 0. The van der Waals surface area contributed by atoms with Crippen LogP contribution in [0.5, 0.6) is 5.75 Å². The van der Waals surface area contributed by atoms with E-state index in [1.807, 2.05) is 26.1 Å². The van der Waals surface area contributed by atoms with Crippen LogP contribution in [-0.4, -0.2) is 27.4 Å². The van der Waals surface area contributed by atoms with Crippen LogP contribution in [0.4, 0.5) is 4.39 Å². The van der Waals surface area contributed by atoms with Gasteiger partial charge < -0.3 is 15.8 Å². The first kappa shape index (κ1) is 21.8. The van der Waals surface area contributed by atoms with E-state index in [4.69, 9.17) is 10.5 Å². The Bertz CT molecular complexity index is 1060. The number of pyridine rings is 1. The summed E-state index contributed by atoms with van der Waals surface area (Å²) in [7, 11) is 0. The van der Waals surface area contributed by atoms with Crippen molar-refractivity contribution >= 4 is 11.6 Å². The van der Waals surface area contributed by atoms with Crippen LogP contribution in [0, 0.1) is 19.7 Å². The molecule has 160 valence electrons. The van der Waals surface area contributed by atoms with E-state index in [-0.39, 0.29) is 18.3 Å². The number of hydrogen-bond acceptors (Lipinski definition) is 4. The number of nitrogens with one attached hydrogen (secondary N) is 1. The molecule has 3 aromatic rings. The van der Waals surface area contributed by atoms with Gasteiger partial charge in [0.05, 0.1) is 5.69 Å². The Labute approximate surface area is 176 Å². The van der Waals surface area contributed by atoms with Gasteiger partial charge in [-0.1, -0.05) is 25.5 Å². The molecule has 0 aliphatic rings. The number of nitrogens with two attached hydrogens (primary N) is 1. The van der Waals surface area contributed by atoms with Crippen LogP contribution in [0.1, 0.15) is 54.0 Å². The molecule has 3 rings (SSSR count). The van der Waals surface area contributed by atoms with Crippen molar-refractivity contribution in [3.05, 3.63) is 64.9 Å². The minimum atomic E-state index is -0.464. The van der Waals surface area contributed by atoms with Gasteiger partial charge in [-0.3, -0.25) is 9.20 Å². The maximum Gasteiger partial charge on any atom is 0.270 e. The number of nitrogens with zero attached hydrogens (tertiary/aromatic N) is 2. The average Bonchev–Trinajstić information content (AvgIpc) is 3.00. The van der Waals surface area contributed by atoms with Gasteiger partial charge in [0.1, 0.15) is 18.1 Å². The van der Waals surface area contributed by atoms with E-state index >= 15 is 0 Å². The molecule has 30 heavy (non-hydrogen) atoms. The van der Waals surface area contributed by atoms with Crippen molar-refractivity contribution in [2.45, 2.75) is 52.7 Å². The summed E-state index contributed by atoms with van der Waals surface area (Å²) < 4.78 is 21.1. The van der Waals surface area contributed by atoms with E-state index in [9.17, 15) is 9.18 Å². The molecule has 7 heteroatoms. The van der Waals surface area contributed by atoms with Crippen LogP contribution in [-0.2, 0) is 6.61 Å². The number of carbonyl (C=O) groups excluding carboxylic acids is 1. The lowest BCUT2D eigenvalue weighted by Gasteiger charge is -2.24. The fourth-order valence-electron chi connectivity index (χ4n) is 3.55. The fourth-order valence-corrected chi connectivity index (χ4v) is 3.55. The predicted molar refractivity (Wildman–Crippen MR) is 115 cm³/mol. The second-order valence-corrected chi connectivity index (χ2v) is 8.13. The summed E-state index contributed by atoms with van der Waals surface area (Å²) in [5, 5.41) is 2.94. The topological polar surface area (TPSA) is 81.6 Å². The number of rotatable bonds is 8. The fraction of sp³-hybridized carbons (Fsp3) is 0.391. The van der Waals surface area contributed by atoms with E-state index in [1.165, 1.54) is 12.1 Å². The molecule has 3 N–H and O–H groups in total. The smallest absolute Gasteiger partial charge is 0.270 e. The predicted octanol–water partition coefficient (Wildman–Crippen LogP) is 3.92. The minimum Gasteiger partial charge on any atom is -0.485 e. The van der Waals surface area contributed by atoms with Gasteiger partial charge in [0.15, 0.2) is 11.4 Å². The van der Waals surface area contributed by atoms with Crippen LogP contribution in [0.15, 0.2) is 36.5 Å².